The SMILES string of the molecule is COc1nc(N2CCCC2)ccc1C(C)=O. The van der Waals surface area contributed by atoms with Gasteiger partial charge in [-0.25, -0.2) is 0 Å². The first-order valence-corrected chi connectivity index (χ1v) is 5.53. The number of ether oxygens (including phenoxy) is 1. The first-order chi connectivity index (χ1) is 7.72. The lowest BCUT2D eigenvalue weighted by Crippen LogP contribution is -2.19. The van der Waals surface area contributed by atoms with Crippen molar-refractivity contribution in [2.45, 2.75) is 19.8 Å². The zero-order chi connectivity index (χ0) is 11.5. The van der Waals surface area contributed by atoms with Crippen molar-refractivity contribution in [2.24, 2.45) is 0 Å². The van der Waals surface area contributed by atoms with Crippen LogP contribution in [0.5, 0.6) is 5.88 Å². The van der Waals surface area contributed by atoms with Crippen molar-refractivity contribution in [1.82, 2.24) is 4.98 Å². The monoisotopic (exact) mass is 220 g/mol. The Bertz CT molecular complexity index is 398. The third kappa shape index (κ3) is 2.01. The molecule has 4 nitrogen and oxygen atoms in total. The Morgan fingerprint density at radius 3 is 2.62 bits per heavy atom. The van der Waals surface area contributed by atoms with Gasteiger partial charge in [-0.05, 0) is 31.9 Å². The number of nitrogens with zero attached hydrogens (tertiary/aromatic N) is 2. The van der Waals surface area contributed by atoms with Crippen LogP contribution in [0.1, 0.15) is 30.1 Å². The van der Waals surface area contributed by atoms with Gasteiger partial charge in [0.1, 0.15) is 5.82 Å². The van der Waals surface area contributed by atoms with Gasteiger partial charge in [-0.2, -0.15) is 4.98 Å². The van der Waals surface area contributed by atoms with Crippen molar-refractivity contribution in [3.8, 4) is 5.88 Å². The lowest BCUT2D eigenvalue weighted by Gasteiger charge is -2.17. The number of rotatable bonds is 3. The molecule has 0 N–H and O–H groups in total. The van der Waals surface area contributed by atoms with E-state index in [-0.39, 0.29) is 5.78 Å². The number of anilines is 1. The van der Waals surface area contributed by atoms with Crippen LogP contribution in [-0.4, -0.2) is 31.0 Å². The van der Waals surface area contributed by atoms with Crippen LogP contribution in [0.4, 0.5) is 5.82 Å². The molecule has 0 radical (unpaired) electrons. The molecule has 86 valence electrons. The second kappa shape index (κ2) is 4.51. The predicted octanol–water partition coefficient (Wildman–Crippen LogP) is 1.89. The quantitative estimate of drug-likeness (QED) is 0.729. The minimum atomic E-state index is -0.0164. The van der Waals surface area contributed by atoms with E-state index in [1.165, 1.54) is 19.8 Å². The van der Waals surface area contributed by atoms with Gasteiger partial charge in [0.25, 0.3) is 0 Å². The fourth-order valence-corrected chi connectivity index (χ4v) is 1.98. The van der Waals surface area contributed by atoms with E-state index in [0.29, 0.717) is 11.4 Å². The molecule has 0 spiro atoms. The molecular formula is C12H16N2O2. The van der Waals surface area contributed by atoms with E-state index in [0.717, 1.165) is 18.9 Å². The van der Waals surface area contributed by atoms with Gasteiger partial charge < -0.3 is 9.64 Å². The number of Topliss-reactive ketones (excluding diaryl/α,β-unsaturated/α-hetero) is 1. The molecule has 2 heterocycles. The minimum absolute atomic E-state index is 0.0164. The fraction of sp³-hybridized carbons (Fsp3) is 0.500. The fourth-order valence-electron chi connectivity index (χ4n) is 1.98. The highest BCUT2D eigenvalue weighted by atomic mass is 16.5. The second-order valence-electron chi connectivity index (χ2n) is 3.98. The first-order valence-electron chi connectivity index (χ1n) is 5.53. The van der Waals surface area contributed by atoms with E-state index in [1.54, 1.807) is 13.2 Å². The van der Waals surface area contributed by atoms with Gasteiger partial charge in [0, 0.05) is 13.1 Å². The van der Waals surface area contributed by atoms with Crippen LogP contribution in [0.2, 0.25) is 0 Å². The average molecular weight is 220 g/mol. The maximum Gasteiger partial charge on any atom is 0.226 e. The van der Waals surface area contributed by atoms with Crippen LogP contribution in [0.25, 0.3) is 0 Å². The second-order valence-corrected chi connectivity index (χ2v) is 3.98. The lowest BCUT2D eigenvalue weighted by atomic mass is 10.2. The van der Waals surface area contributed by atoms with Gasteiger partial charge in [-0.1, -0.05) is 0 Å². The molecule has 0 saturated carbocycles. The number of pyridine rings is 1. The molecule has 0 unspecified atom stereocenters. The minimum Gasteiger partial charge on any atom is -0.480 e. The van der Waals surface area contributed by atoms with Gasteiger partial charge in [0.2, 0.25) is 5.88 Å². The molecule has 1 fully saturated rings. The molecule has 0 bridgehead atoms. The van der Waals surface area contributed by atoms with E-state index in [1.807, 2.05) is 6.07 Å². The zero-order valence-electron chi connectivity index (χ0n) is 9.69. The van der Waals surface area contributed by atoms with Crippen LogP contribution < -0.4 is 9.64 Å². The summed E-state index contributed by atoms with van der Waals surface area (Å²) in [5.74, 6) is 1.31. The molecule has 0 atom stereocenters. The molecule has 1 aromatic heterocycles. The summed E-state index contributed by atoms with van der Waals surface area (Å²) < 4.78 is 5.15. The molecule has 2 rings (SSSR count). The highest BCUT2D eigenvalue weighted by Crippen LogP contribution is 2.23. The summed E-state index contributed by atoms with van der Waals surface area (Å²) in [6, 6.07) is 3.69. The summed E-state index contributed by atoms with van der Waals surface area (Å²) in [4.78, 5) is 17.9. The average Bonchev–Trinajstić information content (AvgIpc) is 2.81. The zero-order valence-corrected chi connectivity index (χ0v) is 9.69. The maximum atomic E-state index is 11.3. The summed E-state index contributed by atoms with van der Waals surface area (Å²) in [7, 11) is 1.54. The molecule has 16 heavy (non-hydrogen) atoms. The first kappa shape index (κ1) is 10.9. The third-order valence-electron chi connectivity index (χ3n) is 2.85. The summed E-state index contributed by atoms with van der Waals surface area (Å²) in [5, 5.41) is 0. The largest absolute Gasteiger partial charge is 0.480 e. The Kier molecular flexibility index (Phi) is 3.08. The molecule has 1 saturated heterocycles. The molecule has 0 aliphatic carbocycles. The number of carbonyl (C=O) groups is 1. The molecule has 0 aromatic carbocycles. The number of ketones is 1. The van der Waals surface area contributed by atoms with E-state index < -0.39 is 0 Å². The summed E-state index contributed by atoms with van der Waals surface area (Å²) >= 11 is 0. The van der Waals surface area contributed by atoms with Gasteiger partial charge in [-0.15, -0.1) is 0 Å². The Morgan fingerprint density at radius 1 is 1.38 bits per heavy atom. The van der Waals surface area contributed by atoms with E-state index in [9.17, 15) is 4.79 Å². The lowest BCUT2D eigenvalue weighted by molar-refractivity contribution is 0.101. The van der Waals surface area contributed by atoms with E-state index in [4.69, 9.17) is 4.74 Å². The van der Waals surface area contributed by atoms with Gasteiger partial charge >= 0.3 is 0 Å². The molecule has 1 aliphatic rings. The van der Waals surface area contributed by atoms with Gasteiger partial charge in [0.05, 0.1) is 12.7 Å². The highest BCUT2D eigenvalue weighted by molar-refractivity contribution is 5.96. The van der Waals surface area contributed by atoms with Crippen molar-refractivity contribution in [2.75, 3.05) is 25.1 Å². The molecular weight excluding hydrogens is 204 g/mol. The number of methoxy groups -OCH3 is 1. The Balaban J connectivity index is 2.32. The van der Waals surface area contributed by atoms with Crippen molar-refractivity contribution >= 4 is 11.6 Å². The highest BCUT2D eigenvalue weighted by Gasteiger charge is 2.16. The number of aromatic nitrogens is 1. The van der Waals surface area contributed by atoms with E-state index >= 15 is 0 Å². The number of carbonyl (C=O) groups excluding carboxylic acids is 1. The van der Waals surface area contributed by atoms with Crippen LogP contribution in [0.15, 0.2) is 12.1 Å². The predicted molar refractivity (Wildman–Crippen MR) is 62.2 cm³/mol. The van der Waals surface area contributed by atoms with Gasteiger partial charge in [-0.3, -0.25) is 4.79 Å². The number of hydrogen-bond acceptors (Lipinski definition) is 4. The van der Waals surface area contributed by atoms with Crippen LogP contribution in [0.3, 0.4) is 0 Å². The standard InChI is InChI=1S/C12H16N2O2/c1-9(15)10-5-6-11(13-12(10)16-2)14-7-3-4-8-14/h5-6H,3-4,7-8H2,1-2H3. The van der Waals surface area contributed by atoms with Crippen LogP contribution >= 0.6 is 0 Å². The third-order valence-corrected chi connectivity index (χ3v) is 2.85. The normalized spacial score (nSPS) is 15.2. The van der Waals surface area contributed by atoms with Crippen molar-refractivity contribution in [3.63, 3.8) is 0 Å². The molecule has 1 aliphatic heterocycles. The van der Waals surface area contributed by atoms with Crippen molar-refractivity contribution in [3.05, 3.63) is 17.7 Å². The van der Waals surface area contributed by atoms with Crippen LogP contribution in [0, 0.1) is 0 Å². The maximum absolute atomic E-state index is 11.3. The van der Waals surface area contributed by atoms with Crippen molar-refractivity contribution < 1.29 is 9.53 Å². The van der Waals surface area contributed by atoms with E-state index in [2.05, 4.69) is 9.88 Å². The van der Waals surface area contributed by atoms with Crippen LogP contribution in [-0.2, 0) is 0 Å². The smallest absolute Gasteiger partial charge is 0.226 e. The Morgan fingerprint density at radius 2 is 2.06 bits per heavy atom. The molecule has 4 heteroatoms. The van der Waals surface area contributed by atoms with Gasteiger partial charge in [0.15, 0.2) is 5.78 Å². The Labute approximate surface area is 95.2 Å². The Hall–Kier alpha value is -1.58. The van der Waals surface area contributed by atoms with Crippen molar-refractivity contribution in [1.29, 1.82) is 0 Å². The topological polar surface area (TPSA) is 42.4 Å². The summed E-state index contributed by atoms with van der Waals surface area (Å²) in [6.07, 6.45) is 2.41. The summed E-state index contributed by atoms with van der Waals surface area (Å²) in [6.45, 7) is 3.60. The molecule has 0 amide bonds. The molecule has 1 aromatic rings. The number of hydrogen-bond donors (Lipinski definition) is 0. The summed E-state index contributed by atoms with van der Waals surface area (Å²) in [5.41, 5.74) is 0.547.